The van der Waals surface area contributed by atoms with Gasteiger partial charge in [-0.1, -0.05) is 0 Å². The van der Waals surface area contributed by atoms with E-state index in [9.17, 15) is 17.6 Å². The third-order valence-electron chi connectivity index (χ3n) is 3.49. The number of halogens is 1. The fraction of sp³-hybridized carbons (Fsp3) is 0.188. The summed E-state index contributed by atoms with van der Waals surface area (Å²) in [5, 5.41) is 9.12. The van der Waals surface area contributed by atoms with Crippen molar-refractivity contribution >= 4 is 21.7 Å². The molecule has 0 spiro atoms. The van der Waals surface area contributed by atoms with Crippen molar-refractivity contribution in [3.8, 4) is 11.5 Å². The molecule has 1 aliphatic rings. The number of hydrogen-bond acceptors (Lipinski definition) is 5. The molecule has 0 aromatic heterocycles. The molecular weight excluding hydrogens is 353 g/mol. The van der Waals surface area contributed by atoms with E-state index in [4.69, 9.17) is 14.6 Å². The Hall–Kier alpha value is -2.81. The first-order valence-corrected chi connectivity index (χ1v) is 8.72. The van der Waals surface area contributed by atoms with Gasteiger partial charge in [0.15, 0.2) is 11.5 Å². The second kappa shape index (κ2) is 6.60. The van der Waals surface area contributed by atoms with Gasteiger partial charge in [0.05, 0.1) is 10.6 Å². The number of carbonyl (C=O) groups is 1. The Morgan fingerprint density at radius 2 is 1.72 bits per heavy atom. The number of carboxylic acid groups (broad SMARTS) is 1. The van der Waals surface area contributed by atoms with Gasteiger partial charge in [-0.3, -0.25) is 9.10 Å². The summed E-state index contributed by atoms with van der Waals surface area (Å²) < 4.78 is 50.2. The number of fused-ring (bicyclic) bond motifs is 1. The molecule has 0 saturated heterocycles. The lowest BCUT2D eigenvalue weighted by Crippen LogP contribution is -2.35. The van der Waals surface area contributed by atoms with E-state index in [1.54, 1.807) is 0 Å². The molecule has 2 aromatic rings. The lowest BCUT2D eigenvalue weighted by Gasteiger charge is -2.25. The summed E-state index contributed by atoms with van der Waals surface area (Å²) in [6.45, 7) is -0.113. The van der Waals surface area contributed by atoms with Crippen LogP contribution in [0.25, 0.3) is 0 Å². The summed E-state index contributed by atoms with van der Waals surface area (Å²) in [6.07, 6.45) is 0. The average Bonchev–Trinajstić information content (AvgIpc) is 2.59. The van der Waals surface area contributed by atoms with E-state index in [1.165, 1.54) is 18.2 Å². The Morgan fingerprint density at radius 1 is 1.08 bits per heavy atom. The van der Waals surface area contributed by atoms with Crippen LogP contribution < -0.4 is 13.8 Å². The maximum absolute atomic E-state index is 13.1. The predicted octanol–water partition coefficient (Wildman–Crippen LogP) is 1.88. The minimum atomic E-state index is -4.20. The molecule has 0 bridgehead atoms. The first-order chi connectivity index (χ1) is 11.9. The smallest absolute Gasteiger partial charge is 0.324 e. The zero-order valence-electron chi connectivity index (χ0n) is 12.9. The fourth-order valence-electron chi connectivity index (χ4n) is 2.36. The number of anilines is 1. The Balaban J connectivity index is 2.05. The SMILES string of the molecule is O=C(O)CN(c1ccc2c(c1)OCCO2)S(=O)(=O)c1ccc(F)cc1. The number of ether oxygens (including phenoxy) is 2. The van der Waals surface area contributed by atoms with E-state index in [1.807, 2.05) is 0 Å². The molecule has 2 aromatic carbocycles. The van der Waals surface area contributed by atoms with E-state index in [0.717, 1.165) is 28.6 Å². The van der Waals surface area contributed by atoms with E-state index < -0.39 is 28.4 Å². The second-order valence-corrected chi connectivity index (χ2v) is 7.05. The van der Waals surface area contributed by atoms with Crippen molar-refractivity contribution in [3.63, 3.8) is 0 Å². The second-order valence-electron chi connectivity index (χ2n) is 5.19. The number of benzene rings is 2. The molecule has 0 aliphatic carbocycles. The minimum absolute atomic E-state index is 0.107. The van der Waals surface area contributed by atoms with Gasteiger partial charge in [-0.2, -0.15) is 0 Å². The molecule has 0 unspecified atom stereocenters. The number of rotatable bonds is 5. The Labute approximate surface area is 143 Å². The molecule has 0 fully saturated rings. The summed E-state index contributed by atoms with van der Waals surface area (Å²) in [4.78, 5) is 11.0. The highest BCUT2D eigenvalue weighted by Crippen LogP contribution is 2.35. The van der Waals surface area contributed by atoms with Crippen LogP contribution in [0.4, 0.5) is 10.1 Å². The largest absolute Gasteiger partial charge is 0.486 e. The fourth-order valence-corrected chi connectivity index (χ4v) is 3.76. The molecule has 132 valence electrons. The van der Waals surface area contributed by atoms with Crippen molar-refractivity contribution < 1.29 is 32.2 Å². The van der Waals surface area contributed by atoms with Crippen molar-refractivity contribution in [1.29, 1.82) is 0 Å². The van der Waals surface area contributed by atoms with Crippen LogP contribution in [-0.4, -0.2) is 39.3 Å². The molecule has 3 rings (SSSR count). The Bertz CT molecular complexity index is 897. The summed E-state index contributed by atoms with van der Waals surface area (Å²) in [5.74, 6) is -1.15. The van der Waals surface area contributed by atoms with Gasteiger partial charge in [-0.25, -0.2) is 12.8 Å². The van der Waals surface area contributed by atoms with Crippen LogP contribution in [0.15, 0.2) is 47.4 Å². The van der Waals surface area contributed by atoms with E-state index >= 15 is 0 Å². The van der Waals surface area contributed by atoms with Gasteiger partial charge in [0.2, 0.25) is 0 Å². The number of carboxylic acids is 1. The molecule has 0 atom stereocenters. The van der Waals surface area contributed by atoms with Crippen LogP contribution >= 0.6 is 0 Å². The molecule has 7 nitrogen and oxygen atoms in total. The van der Waals surface area contributed by atoms with Gasteiger partial charge in [0.25, 0.3) is 10.0 Å². The van der Waals surface area contributed by atoms with Crippen LogP contribution in [0, 0.1) is 5.82 Å². The predicted molar refractivity (Wildman–Crippen MR) is 86.0 cm³/mol. The number of sulfonamides is 1. The van der Waals surface area contributed by atoms with Crippen LogP contribution in [-0.2, 0) is 14.8 Å². The lowest BCUT2D eigenvalue weighted by molar-refractivity contribution is -0.135. The standard InChI is InChI=1S/C16H14FNO6S/c17-11-1-4-13(5-2-11)25(21,22)18(10-16(19)20)12-3-6-14-15(9-12)24-8-7-23-14/h1-6,9H,7-8,10H2,(H,19,20). The van der Waals surface area contributed by atoms with E-state index in [-0.39, 0.29) is 10.6 Å². The summed E-state index contributed by atoms with van der Waals surface area (Å²) in [7, 11) is -4.20. The van der Waals surface area contributed by atoms with Crippen molar-refractivity contribution in [2.24, 2.45) is 0 Å². The zero-order valence-corrected chi connectivity index (χ0v) is 13.7. The van der Waals surface area contributed by atoms with Crippen LogP contribution in [0.3, 0.4) is 0 Å². The Morgan fingerprint density at radius 3 is 2.36 bits per heavy atom. The molecule has 25 heavy (non-hydrogen) atoms. The molecular formula is C16H14FNO6S. The molecule has 1 N–H and O–H groups in total. The highest BCUT2D eigenvalue weighted by Gasteiger charge is 2.28. The number of aliphatic carboxylic acids is 1. The molecule has 1 heterocycles. The zero-order chi connectivity index (χ0) is 18.0. The highest BCUT2D eigenvalue weighted by atomic mass is 32.2. The third kappa shape index (κ3) is 3.50. The van der Waals surface area contributed by atoms with Gasteiger partial charge < -0.3 is 14.6 Å². The van der Waals surface area contributed by atoms with Crippen LogP contribution in [0.2, 0.25) is 0 Å². The molecule has 9 heteroatoms. The quantitative estimate of drug-likeness (QED) is 0.867. The summed E-state index contributed by atoms with van der Waals surface area (Å²) in [6, 6.07) is 8.50. The van der Waals surface area contributed by atoms with E-state index in [0.29, 0.717) is 24.7 Å². The Kier molecular flexibility index (Phi) is 4.49. The van der Waals surface area contributed by atoms with Crippen molar-refractivity contribution in [2.45, 2.75) is 4.90 Å². The maximum Gasteiger partial charge on any atom is 0.324 e. The molecule has 0 saturated carbocycles. The summed E-state index contributed by atoms with van der Waals surface area (Å²) in [5.41, 5.74) is 0.107. The van der Waals surface area contributed by atoms with Crippen molar-refractivity contribution in [1.82, 2.24) is 0 Å². The number of hydrogen-bond donors (Lipinski definition) is 1. The molecule has 0 radical (unpaired) electrons. The van der Waals surface area contributed by atoms with Crippen LogP contribution in [0.5, 0.6) is 11.5 Å². The first kappa shape index (κ1) is 17.0. The topological polar surface area (TPSA) is 93.1 Å². The molecule has 0 amide bonds. The normalized spacial score (nSPS) is 13.3. The van der Waals surface area contributed by atoms with Crippen molar-refractivity contribution in [2.75, 3.05) is 24.1 Å². The monoisotopic (exact) mass is 367 g/mol. The van der Waals surface area contributed by atoms with Gasteiger partial charge in [-0.05, 0) is 36.4 Å². The average molecular weight is 367 g/mol. The lowest BCUT2D eigenvalue weighted by atomic mass is 10.2. The third-order valence-corrected chi connectivity index (χ3v) is 5.28. The maximum atomic E-state index is 13.1. The van der Waals surface area contributed by atoms with E-state index in [2.05, 4.69) is 0 Å². The van der Waals surface area contributed by atoms with Gasteiger partial charge in [0, 0.05) is 6.07 Å². The molecule has 1 aliphatic heterocycles. The van der Waals surface area contributed by atoms with Gasteiger partial charge >= 0.3 is 5.97 Å². The van der Waals surface area contributed by atoms with Gasteiger partial charge in [-0.15, -0.1) is 0 Å². The highest BCUT2D eigenvalue weighted by molar-refractivity contribution is 7.92. The summed E-state index contributed by atoms with van der Waals surface area (Å²) >= 11 is 0. The first-order valence-electron chi connectivity index (χ1n) is 7.28. The van der Waals surface area contributed by atoms with Crippen molar-refractivity contribution in [3.05, 3.63) is 48.3 Å². The van der Waals surface area contributed by atoms with Crippen LogP contribution in [0.1, 0.15) is 0 Å². The van der Waals surface area contributed by atoms with Gasteiger partial charge in [0.1, 0.15) is 25.6 Å². The number of nitrogens with zero attached hydrogens (tertiary/aromatic N) is 1. The minimum Gasteiger partial charge on any atom is -0.486 e.